The molecule has 4 heteroatoms. The van der Waals surface area contributed by atoms with Crippen LogP contribution in [0.2, 0.25) is 0 Å². The largest absolute Gasteiger partial charge is 0.481 e. The lowest BCUT2D eigenvalue weighted by Gasteiger charge is -2.58. The summed E-state index contributed by atoms with van der Waals surface area (Å²) in [4.78, 5) is 10.7. The first-order valence-corrected chi connectivity index (χ1v) is 12.7. The van der Waals surface area contributed by atoms with Crippen molar-refractivity contribution < 1.29 is 20.1 Å². The van der Waals surface area contributed by atoms with Crippen molar-refractivity contribution in [2.24, 2.45) is 40.9 Å². The van der Waals surface area contributed by atoms with Gasteiger partial charge in [-0.25, -0.2) is 0 Å². The van der Waals surface area contributed by atoms with E-state index in [4.69, 9.17) is 5.11 Å². The van der Waals surface area contributed by atoms with Crippen molar-refractivity contribution in [3.8, 4) is 0 Å². The lowest BCUT2D eigenvalue weighted by atomic mass is 9.48. The molecule has 4 bridgehead atoms. The number of hydrogen-bond donors (Lipinski definition) is 3. The lowest BCUT2D eigenvalue weighted by Crippen LogP contribution is -2.51. The van der Waals surface area contributed by atoms with Crippen LogP contribution < -0.4 is 0 Å². The highest BCUT2D eigenvalue weighted by Crippen LogP contribution is 2.62. The Morgan fingerprint density at radius 2 is 1.73 bits per heavy atom. The van der Waals surface area contributed by atoms with E-state index < -0.39 is 5.97 Å². The molecule has 168 valence electrons. The van der Waals surface area contributed by atoms with Crippen LogP contribution in [0.15, 0.2) is 11.6 Å². The van der Waals surface area contributed by atoms with Crippen LogP contribution in [0.25, 0.3) is 0 Å². The molecule has 5 atom stereocenters. The highest BCUT2D eigenvalue weighted by Gasteiger charge is 2.54. The van der Waals surface area contributed by atoms with E-state index in [1.165, 1.54) is 44.1 Å². The van der Waals surface area contributed by atoms with Gasteiger partial charge in [0.15, 0.2) is 0 Å². The van der Waals surface area contributed by atoms with Gasteiger partial charge in [0.05, 0.1) is 12.2 Å². The van der Waals surface area contributed by atoms with Gasteiger partial charge in [0, 0.05) is 6.42 Å². The molecule has 0 aliphatic heterocycles. The summed E-state index contributed by atoms with van der Waals surface area (Å²) < 4.78 is 0. The fourth-order valence-electron chi connectivity index (χ4n) is 8.95. The first-order valence-electron chi connectivity index (χ1n) is 12.7. The number of fused-ring (bicyclic) bond motifs is 1. The SMILES string of the molecule is O=C(O)CCCC=C1C[C@@H]2C[C@@H](O)[C@H](CCC(O)C34CC5CC(CC(C5)C3)C4)[C@@H]2C1. The van der Waals surface area contributed by atoms with Crippen molar-refractivity contribution in [2.45, 2.75) is 102 Å². The Balaban J connectivity index is 1.15. The zero-order chi connectivity index (χ0) is 20.9. The molecule has 4 nitrogen and oxygen atoms in total. The van der Waals surface area contributed by atoms with Gasteiger partial charge in [-0.3, -0.25) is 4.79 Å². The second kappa shape index (κ2) is 8.24. The van der Waals surface area contributed by atoms with E-state index in [0.29, 0.717) is 17.8 Å². The molecule has 0 amide bonds. The maximum absolute atomic E-state index is 11.3. The molecule has 30 heavy (non-hydrogen) atoms. The number of unbranched alkanes of at least 4 members (excludes halogenated alkanes) is 1. The van der Waals surface area contributed by atoms with Crippen LogP contribution >= 0.6 is 0 Å². The quantitative estimate of drug-likeness (QED) is 0.387. The standard InChI is InChI=1S/C26H40O4/c27-23-12-20-10-16(3-1-2-4-25(29)30)11-22(20)21(23)5-6-24(28)26-13-17-7-18(14-26)9-19(8-17)15-26/h3,17-24,27-28H,1-2,4-15H2,(H,29,30)/t17?,18?,19?,20-,21-,22-,23-,24?,26?/m1/s1. The van der Waals surface area contributed by atoms with Crippen LogP contribution in [0.4, 0.5) is 0 Å². The zero-order valence-electron chi connectivity index (χ0n) is 18.3. The van der Waals surface area contributed by atoms with E-state index in [-0.39, 0.29) is 24.0 Å². The number of rotatable bonds is 8. The molecule has 0 heterocycles. The smallest absolute Gasteiger partial charge is 0.303 e. The molecular weight excluding hydrogens is 376 g/mol. The number of hydrogen-bond acceptors (Lipinski definition) is 3. The first-order chi connectivity index (χ1) is 14.4. The van der Waals surface area contributed by atoms with Gasteiger partial charge in [0.1, 0.15) is 0 Å². The Morgan fingerprint density at radius 1 is 1.07 bits per heavy atom. The summed E-state index contributed by atoms with van der Waals surface area (Å²) in [5.74, 6) is 3.39. The molecule has 6 aliphatic rings. The van der Waals surface area contributed by atoms with Crippen LogP contribution in [0.1, 0.15) is 89.9 Å². The molecule has 0 radical (unpaired) electrons. The molecule has 6 rings (SSSR count). The average molecular weight is 417 g/mol. The number of aliphatic hydroxyl groups excluding tert-OH is 2. The van der Waals surface area contributed by atoms with E-state index in [0.717, 1.165) is 62.7 Å². The molecule has 3 N–H and O–H groups in total. The summed E-state index contributed by atoms with van der Waals surface area (Å²) in [5, 5.41) is 30.8. The Labute approximate surface area is 181 Å². The molecule has 0 aromatic rings. The molecule has 0 aromatic carbocycles. The minimum absolute atomic E-state index is 0.176. The molecule has 1 unspecified atom stereocenters. The number of carboxylic acids is 1. The van der Waals surface area contributed by atoms with Crippen molar-refractivity contribution in [3.63, 3.8) is 0 Å². The van der Waals surface area contributed by atoms with Gasteiger partial charge in [-0.2, -0.15) is 0 Å². The fraction of sp³-hybridized carbons (Fsp3) is 0.885. The van der Waals surface area contributed by atoms with E-state index >= 15 is 0 Å². The Bertz CT molecular complexity index is 647. The van der Waals surface area contributed by atoms with Gasteiger partial charge < -0.3 is 15.3 Å². The first kappa shape index (κ1) is 21.0. The van der Waals surface area contributed by atoms with E-state index in [2.05, 4.69) is 6.08 Å². The van der Waals surface area contributed by atoms with Crippen LogP contribution in [0, 0.1) is 40.9 Å². The number of allylic oxidation sites excluding steroid dienone is 2. The molecule has 6 fully saturated rings. The minimum Gasteiger partial charge on any atom is -0.481 e. The van der Waals surface area contributed by atoms with E-state index in [9.17, 15) is 15.0 Å². The topological polar surface area (TPSA) is 77.8 Å². The predicted octanol–water partition coefficient (Wildman–Crippen LogP) is 4.93. The monoisotopic (exact) mass is 416 g/mol. The molecule has 0 aromatic heterocycles. The maximum Gasteiger partial charge on any atom is 0.303 e. The third-order valence-electron chi connectivity index (χ3n) is 9.81. The molecular formula is C26H40O4. The van der Waals surface area contributed by atoms with Gasteiger partial charge in [-0.05, 0) is 124 Å². The normalized spacial score (nSPS) is 46.5. The summed E-state index contributed by atoms with van der Waals surface area (Å²) in [5.41, 5.74) is 1.68. The predicted molar refractivity (Wildman–Crippen MR) is 116 cm³/mol. The van der Waals surface area contributed by atoms with Gasteiger partial charge in [0.2, 0.25) is 0 Å². The number of aliphatic carboxylic acids is 1. The van der Waals surface area contributed by atoms with Crippen molar-refractivity contribution in [2.75, 3.05) is 0 Å². The third-order valence-corrected chi connectivity index (χ3v) is 9.81. The zero-order valence-corrected chi connectivity index (χ0v) is 18.3. The molecule has 0 spiro atoms. The molecule has 6 saturated carbocycles. The Hall–Kier alpha value is -0.870. The Morgan fingerprint density at radius 3 is 2.37 bits per heavy atom. The highest BCUT2D eigenvalue weighted by atomic mass is 16.4. The van der Waals surface area contributed by atoms with E-state index in [1.807, 2.05) is 0 Å². The highest BCUT2D eigenvalue weighted by molar-refractivity contribution is 5.66. The van der Waals surface area contributed by atoms with Crippen LogP contribution in [-0.4, -0.2) is 33.5 Å². The van der Waals surface area contributed by atoms with Gasteiger partial charge in [-0.15, -0.1) is 0 Å². The summed E-state index contributed by atoms with van der Waals surface area (Å²) >= 11 is 0. The third kappa shape index (κ3) is 3.99. The summed E-state index contributed by atoms with van der Waals surface area (Å²) in [7, 11) is 0. The maximum atomic E-state index is 11.3. The average Bonchev–Trinajstić information content (AvgIpc) is 3.18. The molecule has 0 saturated heterocycles. The number of carboxylic acid groups (broad SMARTS) is 1. The number of carbonyl (C=O) groups is 1. The van der Waals surface area contributed by atoms with Crippen LogP contribution in [0.5, 0.6) is 0 Å². The van der Waals surface area contributed by atoms with Crippen molar-refractivity contribution >= 4 is 5.97 Å². The second-order valence-corrected chi connectivity index (χ2v) is 11.8. The van der Waals surface area contributed by atoms with Crippen LogP contribution in [-0.2, 0) is 4.79 Å². The minimum atomic E-state index is -0.711. The summed E-state index contributed by atoms with van der Waals surface area (Å²) in [6, 6.07) is 0. The Kier molecular flexibility index (Phi) is 5.77. The van der Waals surface area contributed by atoms with Crippen LogP contribution in [0.3, 0.4) is 0 Å². The summed E-state index contributed by atoms with van der Waals surface area (Å²) in [6.07, 6.45) is 16.6. The van der Waals surface area contributed by atoms with Gasteiger partial charge >= 0.3 is 5.97 Å². The van der Waals surface area contributed by atoms with Gasteiger partial charge in [0.25, 0.3) is 0 Å². The van der Waals surface area contributed by atoms with Gasteiger partial charge in [-0.1, -0.05) is 11.6 Å². The van der Waals surface area contributed by atoms with Crippen molar-refractivity contribution in [3.05, 3.63) is 11.6 Å². The van der Waals surface area contributed by atoms with Crippen molar-refractivity contribution in [1.29, 1.82) is 0 Å². The van der Waals surface area contributed by atoms with Crippen molar-refractivity contribution in [1.82, 2.24) is 0 Å². The summed E-state index contributed by atoms with van der Waals surface area (Å²) in [6.45, 7) is 0. The fourth-order valence-corrected chi connectivity index (χ4v) is 8.95. The van der Waals surface area contributed by atoms with E-state index in [1.54, 1.807) is 0 Å². The lowest BCUT2D eigenvalue weighted by molar-refractivity contribution is -0.137. The molecule has 6 aliphatic carbocycles. The number of aliphatic hydroxyl groups is 2. The second-order valence-electron chi connectivity index (χ2n) is 11.8.